The average Bonchev–Trinajstić information content (AvgIpc) is 3.05. The first kappa shape index (κ1) is 15.6. The van der Waals surface area contributed by atoms with Crippen LogP contribution in [0.15, 0.2) is 30.3 Å². The minimum absolute atomic E-state index is 0.0725. The molecule has 2 heterocycles. The van der Waals surface area contributed by atoms with Gasteiger partial charge in [-0.3, -0.25) is 9.59 Å². The van der Waals surface area contributed by atoms with E-state index in [0.29, 0.717) is 39.2 Å². The SMILES string of the molecule is C[C@H]1Oc2ccc(NC(=O)c3cc(Cl)c4c(c3)OCO4)cc2NC1=O. The predicted octanol–water partition coefficient (Wildman–Crippen LogP) is 3.04. The van der Waals surface area contributed by atoms with Crippen molar-refractivity contribution in [2.24, 2.45) is 0 Å². The molecule has 0 fully saturated rings. The van der Waals surface area contributed by atoms with E-state index in [1.807, 2.05) is 0 Å². The number of amides is 2. The molecule has 2 aromatic carbocycles. The third kappa shape index (κ3) is 2.83. The summed E-state index contributed by atoms with van der Waals surface area (Å²) in [5.74, 6) is 0.810. The summed E-state index contributed by atoms with van der Waals surface area (Å²) in [6, 6.07) is 8.08. The van der Waals surface area contributed by atoms with Gasteiger partial charge in [0, 0.05) is 11.3 Å². The van der Waals surface area contributed by atoms with Crippen LogP contribution in [0.25, 0.3) is 0 Å². The van der Waals surface area contributed by atoms with E-state index in [1.54, 1.807) is 31.2 Å². The number of fused-ring (bicyclic) bond motifs is 2. The van der Waals surface area contributed by atoms with Gasteiger partial charge in [-0.15, -0.1) is 0 Å². The number of rotatable bonds is 2. The maximum absolute atomic E-state index is 12.5. The number of hydrogen-bond donors (Lipinski definition) is 2. The number of anilines is 2. The predicted molar refractivity (Wildman–Crippen MR) is 90.7 cm³/mol. The maximum Gasteiger partial charge on any atom is 0.265 e. The summed E-state index contributed by atoms with van der Waals surface area (Å²) in [6.45, 7) is 1.74. The van der Waals surface area contributed by atoms with Crippen molar-refractivity contribution >= 4 is 34.8 Å². The largest absolute Gasteiger partial charge is 0.479 e. The third-order valence-corrected chi connectivity index (χ3v) is 4.14. The van der Waals surface area contributed by atoms with Crippen LogP contribution in [-0.4, -0.2) is 24.7 Å². The number of halogens is 1. The van der Waals surface area contributed by atoms with E-state index in [4.69, 9.17) is 25.8 Å². The van der Waals surface area contributed by atoms with Crippen LogP contribution in [0.1, 0.15) is 17.3 Å². The van der Waals surface area contributed by atoms with E-state index < -0.39 is 6.10 Å². The van der Waals surface area contributed by atoms with Crippen molar-refractivity contribution in [3.05, 3.63) is 40.9 Å². The molecule has 0 spiro atoms. The number of ether oxygens (including phenoxy) is 3. The molecule has 7 nitrogen and oxygen atoms in total. The Morgan fingerprint density at radius 1 is 1.24 bits per heavy atom. The van der Waals surface area contributed by atoms with Crippen LogP contribution in [0.2, 0.25) is 5.02 Å². The zero-order valence-corrected chi connectivity index (χ0v) is 13.8. The number of benzene rings is 2. The lowest BCUT2D eigenvalue weighted by molar-refractivity contribution is -0.122. The van der Waals surface area contributed by atoms with Crippen molar-refractivity contribution in [1.29, 1.82) is 0 Å². The molecule has 25 heavy (non-hydrogen) atoms. The van der Waals surface area contributed by atoms with Crippen molar-refractivity contribution in [1.82, 2.24) is 0 Å². The van der Waals surface area contributed by atoms with Gasteiger partial charge in [0.15, 0.2) is 17.6 Å². The number of hydrogen-bond acceptors (Lipinski definition) is 5. The van der Waals surface area contributed by atoms with Crippen molar-refractivity contribution in [2.75, 3.05) is 17.4 Å². The molecule has 0 saturated heterocycles. The second-order valence-electron chi connectivity index (χ2n) is 5.61. The lowest BCUT2D eigenvalue weighted by Crippen LogP contribution is -2.34. The minimum atomic E-state index is -0.552. The molecule has 2 amide bonds. The van der Waals surface area contributed by atoms with Gasteiger partial charge in [0.25, 0.3) is 11.8 Å². The highest BCUT2D eigenvalue weighted by molar-refractivity contribution is 6.32. The molecule has 0 saturated carbocycles. The summed E-state index contributed by atoms with van der Waals surface area (Å²) in [5, 5.41) is 5.79. The summed E-state index contributed by atoms with van der Waals surface area (Å²) in [4.78, 5) is 24.2. The molecule has 128 valence electrons. The van der Waals surface area contributed by atoms with E-state index in [9.17, 15) is 9.59 Å². The Hall–Kier alpha value is -2.93. The van der Waals surface area contributed by atoms with Crippen LogP contribution in [0.4, 0.5) is 11.4 Å². The second-order valence-corrected chi connectivity index (χ2v) is 6.01. The number of nitrogens with one attached hydrogen (secondary N) is 2. The molecule has 0 unspecified atom stereocenters. The molecule has 2 aliphatic rings. The van der Waals surface area contributed by atoms with Crippen molar-refractivity contribution in [3.8, 4) is 17.2 Å². The second kappa shape index (κ2) is 5.86. The van der Waals surface area contributed by atoms with Gasteiger partial charge in [-0.05, 0) is 37.3 Å². The Bertz CT molecular complexity index is 899. The van der Waals surface area contributed by atoms with Gasteiger partial charge < -0.3 is 24.8 Å². The van der Waals surface area contributed by atoms with E-state index in [2.05, 4.69) is 10.6 Å². The zero-order chi connectivity index (χ0) is 17.6. The monoisotopic (exact) mass is 360 g/mol. The third-order valence-electron chi connectivity index (χ3n) is 3.86. The van der Waals surface area contributed by atoms with Gasteiger partial charge in [0.05, 0.1) is 10.7 Å². The molecule has 0 aromatic heterocycles. The molecular weight excluding hydrogens is 348 g/mol. The highest BCUT2D eigenvalue weighted by Gasteiger charge is 2.24. The molecule has 4 rings (SSSR count). The highest BCUT2D eigenvalue weighted by atomic mass is 35.5. The van der Waals surface area contributed by atoms with E-state index in [0.717, 1.165) is 0 Å². The Labute approximate surface area is 147 Å². The van der Waals surface area contributed by atoms with E-state index in [1.165, 1.54) is 6.07 Å². The van der Waals surface area contributed by atoms with Gasteiger partial charge in [-0.1, -0.05) is 11.6 Å². The smallest absolute Gasteiger partial charge is 0.265 e. The molecule has 2 N–H and O–H groups in total. The standard InChI is InChI=1S/C17H13ClN2O5/c1-8-16(21)20-12-6-10(2-3-13(12)25-8)19-17(22)9-4-11(18)15-14(5-9)23-7-24-15/h2-6,8H,7H2,1H3,(H,19,22)(H,20,21)/t8-/m1/s1. The average molecular weight is 361 g/mol. The van der Waals surface area contributed by atoms with Crippen LogP contribution in [0, 0.1) is 0 Å². The molecular formula is C17H13ClN2O5. The quantitative estimate of drug-likeness (QED) is 0.859. The molecule has 0 aliphatic carbocycles. The van der Waals surface area contributed by atoms with Crippen molar-refractivity contribution in [2.45, 2.75) is 13.0 Å². The lowest BCUT2D eigenvalue weighted by Gasteiger charge is -2.23. The number of carbonyl (C=O) groups is 2. The lowest BCUT2D eigenvalue weighted by atomic mass is 10.1. The Balaban J connectivity index is 1.57. The minimum Gasteiger partial charge on any atom is -0.479 e. The van der Waals surface area contributed by atoms with Gasteiger partial charge in [-0.2, -0.15) is 0 Å². The summed E-state index contributed by atoms with van der Waals surface area (Å²) in [6.07, 6.45) is -0.552. The maximum atomic E-state index is 12.5. The highest BCUT2D eigenvalue weighted by Crippen LogP contribution is 2.40. The first-order valence-corrected chi connectivity index (χ1v) is 7.91. The van der Waals surface area contributed by atoms with Gasteiger partial charge in [0.1, 0.15) is 5.75 Å². The Morgan fingerprint density at radius 2 is 2.08 bits per heavy atom. The summed E-state index contributed by atoms with van der Waals surface area (Å²) >= 11 is 6.10. The first-order valence-electron chi connectivity index (χ1n) is 7.53. The molecule has 0 bridgehead atoms. The molecule has 2 aliphatic heterocycles. The van der Waals surface area contributed by atoms with Gasteiger partial charge in [-0.25, -0.2) is 0 Å². The summed E-state index contributed by atoms with van der Waals surface area (Å²) in [5.41, 5.74) is 1.35. The van der Waals surface area contributed by atoms with Crippen LogP contribution in [0.3, 0.4) is 0 Å². The van der Waals surface area contributed by atoms with Crippen LogP contribution >= 0.6 is 11.6 Å². The normalized spacial score (nSPS) is 17.4. The van der Waals surface area contributed by atoms with Crippen LogP contribution in [0.5, 0.6) is 17.2 Å². The zero-order valence-electron chi connectivity index (χ0n) is 13.1. The molecule has 0 radical (unpaired) electrons. The van der Waals surface area contributed by atoms with Crippen molar-refractivity contribution < 1.29 is 23.8 Å². The van der Waals surface area contributed by atoms with Gasteiger partial charge in [0.2, 0.25) is 6.79 Å². The van der Waals surface area contributed by atoms with Crippen molar-refractivity contribution in [3.63, 3.8) is 0 Å². The number of carbonyl (C=O) groups excluding carboxylic acids is 2. The molecule has 2 aromatic rings. The fraction of sp³-hybridized carbons (Fsp3) is 0.176. The summed E-state index contributed by atoms with van der Waals surface area (Å²) in [7, 11) is 0. The Morgan fingerprint density at radius 3 is 2.92 bits per heavy atom. The molecule has 1 atom stereocenters. The summed E-state index contributed by atoms with van der Waals surface area (Å²) < 4.78 is 16.0. The van der Waals surface area contributed by atoms with Crippen LogP contribution in [-0.2, 0) is 4.79 Å². The first-order chi connectivity index (χ1) is 12.0. The fourth-order valence-corrected chi connectivity index (χ4v) is 2.85. The fourth-order valence-electron chi connectivity index (χ4n) is 2.59. The molecule has 8 heteroatoms. The van der Waals surface area contributed by atoms with E-state index in [-0.39, 0.29) is 18.6 Å². The van der Waals surface area contributed by atoms with Crippen LogP contribution < -0.4 is 24.8 Å². The topological polar surface area (TPSA) is 85.9 Å². The van der Waals surface area contributed by atoms with E-state index >= 15 is 0 Å². The van der Waals surface area contributed by atoms with Gasteiger partial charge >= 0.3 is 0 Å². The Kier molecular flexibility index (Phi) is 3.65.